The van der Waals surface area contributed by atoms with Crippen LogP contribution in [0.25, 0.3) is 11.1 Å². The van der Waals surface area contributed by atoms with Gasteiger partial charge in [-0.15, -0.1) is 0 Å². The molecule has 86 valence electrons. The number of benzene rings is 1. The molecule has 0 amide bonds. The average molecular weight is 260 g/mol. The molecule has 0 saturated heterocycles. The molecule has 2 rings (SSSR count). The summed E-state index contributed by atoms with van der Waals surface area (Å²) in [5.74, 6) is 0.613. The molecule has 0 saturated carbocycles. The minimum absolute atomic E-state index is 0.0398. The molecule has 0 aliphatic heterocycles. The van der Waals surface area contributed by atoms with Gasteiger partial charge in [-0.05, 0) is 24.6 Å². The highest BCUT2D eigenvalue weighted by molar-refractivity contribution is 8.13. The second-order valence-corrected chi connectivity index (χ2v) is 5.99. The fourth-order valence-corrected chi connectivity index (χ4v) is 2.20. The zero-order valence-electron chi connectivity index (χ0n) is 8.60. The van der Waals surface area contributed by atoms with Crippen molar-refractivity contribution in [3.05, 3.63) is 24.1 Å². The van der Waals surface area contributed by atoms with Crippen molar-refractivity contribution in [1.82, 2.24) is 4.98 Å². The summed E-state index contributed by atoms with van der Waals surface area (Å²) in [4.78, 5) is 4.23. The van der Waals surface area contributed by atoms with E-state index < -0.39 is 9.05 Å². The third kappa shape index (κ3) is 2.20. The van der Waals surface area contributed by atoms with E-state index in [-0.39, 0.29) is 4.90 Å². The molecule has 16 heavy (non-hydrogen) atoms. The Morgan fingerprint density at radius 2 is 2.19 bits per heavy atom. The van der Waals surface area contributed by atoms with Gasteiger partial charge in [0.1, 0.15) is 5.52 Å². The molecule has 0 atom stereocenters. The van der Waals surface area contributed by atoms with E-state index >= 15 is 0 Å². The minimum atomic E-state index is -3.71. The molecule has 0 aliphatic carbocycles. The molecule has 0 fully saturated rings. The van der Waals surface area contributed by atoms with Crippen LogP contribution in [0.3, 0.4) is 0 Å². The molecule has 0 aliphatic rings. The molecule has 2 aromatic rings. The van der Waals surface area contributed by atoms with Gasteiger partial charge in [0.05, 0.1) is 4.90 Å². The lowest BCUT2D eigenvalue weighted by molar-refractivity contribution is 0.525. The molecule has 0 radical (unpaired) electrons. The first-order valence-electron chi connectivity index (χ1n) is 4.85. The molecule has 1 aromatic heterocycles. The minimum Gasteiger partial charge on any atom is -0.441 e. The third-order valence-electron chi connectivity index (χ3n) is 2.15. The van der Waals surface area contributed by atoms with E-state index in [4.69, 9.17) is 15.1 Å². The van der Waals surface area contributed by atoms with Gasteiger partial charge in [0.15, 0.2) is 11.5 Å². The number of aryl methyl sites for hydroxylation is 1. The van der Waals surface area contributed by atoms with E-state index in [1.165, 1.54) is 12.1 Å². The molecule has 6 heteroatoms. The number of hydrogen-bond acceptors (Lipinski definition) is 4. The first kappa shape index (κ1) is 11.4. The van der Waals surface area contributed by atoms with Gasteiger partial charge in [-0.2, -0.15) is 0 Å². The number of hydrogen-bond donors (Lipinski definition) is 0. The van der Waals surface area contributed by atoms with E-state index in [0.717, 1.165) is 12.8 Å². The summed E-state index contributed by atoms with van der Waals surface area (Å²) < 4.78 is 27.7. The van der Waals surface area contributed by atoms with Crippen LogP contribution >= 0.6 is 10.7 Å². The van der Waals surface area contributed by atoms with Gasteiger partial charge >= 0.3 is 0 Å². The first-order valence-corrected chi connectivity index (χ1v) is 7.16. The summed E-state index contributed by atoms with van der Waals surface area (Å²) in [6.07, 6.45) is 1.66. The van der Waals surface area contributed by atoms with Gasteiger partial charge in [0.25, 0.3) is 9.05 Å². The zero-order valence-corrected chi connectivity index (χ0v) is 10.2. The Bertz CT molecular complexity index is 618. The summed E-state index contributed by atoms with van der Waals surface area (Å²) in [6.45, 7) is 2.02. The van der Waals surface area contributed by atoms with Crippen LogP contribution in [-0.4, -0.2) is 13.4 Å². The average Bonchev–Trinajstić information content (AvgIpc) is 2.57. The maximum atomic E-state index is 11.1. The van der Waals surface area contributed by atoms with E-state index in [0.29, 0.717) is 17.0 Å². The molecule has 1 aromatic carbocycles. The highest BCUT2D eigenvalue weighted by Gasteiger charge is 2.13. The maximum absolute atomic E-state index is 11.1. The fraction of sp³-hybridized carbons (Fsp3) is 0.300. The summed E-state index contributed by atoms with van der Waals surface area (Å²) in [7, 11) is 1.53. The Hall–Kier alpha value is -1.07. The van der Waals surface area contributed by atoms with Gasteiger partial charge in [-0.25, -0.2) is 13.4 Å². The molecular weight excluding hydrogens is 250 g/mol. The summed E-state index contributed by atoms with van der Waals surface area (Å²) >= 11 is 0. The Kier molecular flexibility index (Phi) is 2.90. The van der Waals surface area contributed by atoms with Crippen LogP contribution in [0.1, 0.15) is 19.2 Å². The number of aromatic nitrogens is 1. The first-order chi connectivity index (χ1) is 7.50. The van der Waals surface area contributed by atoms with E-state index in [1.54, 1.807) is 6.07 Å². The van der Waals surface area contributed by atoms with E-state index in [2.05, 4.69) is 4.98 Å². The number of nitrogens with zero attached hydrogens (tertiary/aromatic N) is 1. The fourth-order valence-electron chi connectivity index (χ4n) is 1.43. The third-order valence-corrected chi connectivity index (χ3v) is 3.50. The van der Waals surface area contributed by atoms with Crippen LogP contribution in [-0.2, 0) is 15.5 Å². The van der Waals surface area contributed by atoms with Crippen LogP contribution in [0, 0.1) is 0 Å². The molecule has 1 heterocycles. The molecule has 4 nitrogen and oxygen atoms in total. The van der Waals surface area contributed by atoms with Crippen molar-refractivity contribution >= 4 is 30.8 Å². The maximum Gasteiger partial charge on any atom is 0.261 e. The SMILES string of the molecule is CCCc1nc2cc(S(=O)(=O)Cl)ccc2o1. The van der Waals surface area contributed by atoms with E-state index in [9.17, 15) is 8.42 Å². The lowest BCUT2D eigenvalue weighted by Gasteiger charge is -1.93. The van der Waals surface area contributed by atoms with Crippen LogP contribution in [0.15, 0.2) is 27.5 Å². The van der Waals surface area contributed by atoms with Crippen LogP contribution < -0.4 is 0 Å². The number of oxazole rings is 1. The van der Waals surface area contributed by atoms with Crippen LogP contribution in [0.5, 0.6) is 0 Å². The molecule has 0 bridgehead atoms. The van der Waals surface area contributed by atoms with Crippen molar-refractivity contribution in [3.8, 4) is 0 Å². The second-order valence-electron chi connectivity index (χ2n) is 3.42. The Balaban J connectivity index is 2.54. The normalized spacial score (nSPS) is 12.1. The standard InChI is InChI=1S/C10H10ClNO3S/c1-2-3-10-12-8-6-7(16(11,13)14)4-5-9(8)15-10/h4-6H,2-3H2,1H3. The van der Waals surface area contributed by atoms with Gasteiger partial charge in [0.2, 0.25) is 0 Å². The number of halogens is 1. The van der Waals surface area contributed by atoms with Crippen molar-refractivity contribution in [3.63, 3.8) is 0 Å². The Morgan fingerprint density at radius 1 is 1.44 bits per heavy atom. The van der Waals surface area contributed by atoms with Gasteiger partial charge in [0, 0.05) is 17.1 Å². The largest absolute Gasteiger partial charge is 0.441 e. The predicted molar refractivity (Wildman–Crippen MR) is 61.0 cm³/mol. The zero-order chi connectivity index (χ0) is 11.8. The van der Waals surface area contributed by atoms with Gasteiger partial charge in [-0.3, -0.25) is 0 Å². The second kappa shape index (κ2) is 4.07. The molecule has 0 unspecified atom stereocenters. The summed E-state index contributed by atoms with van der Waals surface area (Å²) in [5.41, 5.74) is 1.10. The summed E-state index contributed by atoms with van der Waals surface area (Å²) in [6, 6.07) is 4.39. The topological polar surface area (TPSA) is 60.2 Å². The molecule has 0 N–H and O–H groups in total. The lowest BCUT2D eigenvalue weighted by Crippen LogP contribution is -1.89. The van der Waals surface area contributed by atoms with Gasteiger partial charge in [-0.1, -0.05) is 6.92 Å². The highest BCUT2D eigenvalue weighted by Crippen LogP contribution is 2.22. The smallest absolute Gasteiger partial charge is 0.261 e. The number of rotatable bonds is 3. The monoisotopic (exact) mass is 259 g/mol. The summed E-state index contributed by atoms with van der Waals surface area (Å²) in [5, 5.41) is 0. The molecular formula is C10H10ClNO3S. The number of fused-ring (bicyclic) bond motifs is 1. The van der Waals surface area contributed by atoms with Crippen molar-refractivity contribution in [2.45, 2.75) is 24.7 Å². The van der Waals surface area contributed by atoms with Crippen molar-refractivity contribution in [2.24, 2.45) is 0 Å². The van der Waals surface area contributed by atoms with Crippen molar-refractivity contribution in [2.75, 3.05) is 0 Å². The van der Waals surface area contributed by atoms with Gasteiger partial charge < -0.3 is 4.42 Å². The quantitative estimate of drug-likeness (QED) is 0.795. The van der Waals surface area contributed by atoms with E-state index in [1.807, 2.05) is 6.92 Å². The lowest BCUT2D eigenvalue weighted by atomic mass is 10.3. The highest BCUT2D eigenvalue weighted by atomic mass is 35.7. The van der Waals surface area contributed by atoms with Crippen LogP contribution in [0.2, 0.25) is 0 Å². The Morgan fingerprint density at radius 3 is 2.81 bits per heavy atom. The predicted octanol–water partition coefficient (Wildman–Crippen LogP) is 2.71. The van der Waals surface area contributed by atoms with Crippen molar-refractivity contribution in [1.29, 1.82) is 0 Å². The van der Waals surface area contributed by atoms with Crippen LogP contribution in [0.4, 0.5) is 0 Å². The molecule has 0 spiro atoms. The van der Waals surface area contributed by atoms with Crippen molar-refractivity contribution < 1.29 is 12.8 Å². The Labute approximate surface area is 97.7 Å².